The molecule has 0 amide bonds. The van der Waals surface area contributed by atoms with Gasteiger partial charge in [0.1, 0.15) is 5.66 Å². The van der Waals surface area contributed by atoms with Crippen LogP contribution in [-0.2, 0) is 5.41 Å². The summed E-state index contributed by atoms with van der Waals surface area (Å²) in [6, 6.07) is 57.8. The Balaban J connectivity index is 1.50. The maximum Gasteiger partial charge on any atom is 0.145 e. The molecule has 0 saturated carbocycles. The van der Waals surface area contributed by atoms with Gasteiger partial charge in [-0.1, -0.05) is 144 Å². The molecule has 50 heavy (non-hydrogen) atoms. The molecule has 0 aliphatic heterocycles. The van der Waals surface area contributed by atoms with Crippen molar-refractivity contribution in [3.63, 3.8) is 0 Å². The van der Waals surface area contributed by atoms with Crippen LogP contribution in [0.5, 0.6) is 0 Å². The van der Waals surface area contributed by atoms with Crippen molar-refractivity contribution < 1.29 is 0 Å². The van der Waals surface area contributed by atoms with E-state index < -0.39 is 5.66 Å². The second-order valence-corrected chi connectivity index (χ2v) is 13.9. The number of aryl methyl sites for hydroxylation is 4. The lowest BCUT2D eigenvalue weighted by Gasteiger charge is -2.53. The molecule has 248 valence electrons. The zero-order chi connectivity index (χ0) is 34.7. The Bertz CT molecular complexity index is 1860. The van der Waals surface area contributed by atoms with E-state index in [0.717, 1.165) is 29.2 Å². The van der Waals surface area contributed by atoms with Gasteiger partial charge in [0.15, 0.2) is 0 Å². The average Bonchev–Trinajstić information content (AvgIpc) is 3.16. The van der Waals surface area contributed by atoms with E-state index in [0.29, 0.717) is 0 Å². The molecule has 0 N–H and O–H groups in total. The molecule has 0 radical (unpaired) electrons. The summed E-state index contributed by atoms with van der Waals surface area (Å²) >= 11 is 0. The third kappa shape index (κ3) is 6.18. The summed E-state index contributed by atoms with van der Waals surface area (Å²) in [6.45, 7) is 11.0. The van der Waals surface area contributed by atoms with Crippen LogP contribution in [0, 0.1) is 27.7 Å². The van der Waals surface area contributed by atoms with Gasteiger partial charge in [-0.2, -0.15) is 0 Å². The minimum absolute atomic E-state index is 0.345. The maximum atomic E-state index is 2.54. The van der Waals surface area contributed by atoms with E-state index in [-0.39, 0.29) is 5.41 Å². The predicted octanol–water partition coefficient (Wildman–Crippen LogP) is 12.5. The summed E-state index contributed by atoms with van der Waals surface area (Å²) in [5, 5.41) is 0. The molecule has 0 heterocycles. The fourth-order valence-corrected chi connectivity index (χ4v) is 7.43. The fraction of sp³-hybridized carbons (Fsp3) is 0.167. The molecule has 0 spiro atoms. The van der Waals surface area contributed by atoms with Gasteiger partial charge in [0.2, 0.25) is 0 Å². The normalized spacial score (nSPS) is 13.8. The summed E-state index contributed by atoms with van der Waals surface area (Å²) in [4.78, 5) is 5.08. The van der Waals surface area contributed by atoms with Crippen molar-refractivity contribution in [2.24, 2.45) is 0 Å². The number of rotatable bonds is 9. The first-order chi connectivity index (χ1) is 24.3. The Labute approximate surface area is 298 Å². The maximum absolute atomic E-state index is 2.54. The Morgan fingerprint density at radius 1 is 0.440 bits per heavy atom. The molecule has 0 fully saturated rings. The molecular formula is C48H46N2. The zero-order valence-corrected chi connectivity index (χ0v) is 29.8. The van der Waals surface area contributed by atoms with Crippen molar-refractivity contribution >= 4 is 22.7 Å². The minimum Gasteiger partial charge on any atom is -0.314 e. The first-order valence-electron chi connectivity index (χ1n) is 17.7. The van der Waals surface area contributed by atoms with Gasteiger partial charge in [-0.05, 0) is 106 Å². The number of anilines is 4. The summed E-state index contributed by atoms with van der Waals surface area (Å²) in [6.07, 6.45) is 8.09. The molecule has 0 atom stereocenters. The van der Waals surface area contributed by atoms with Gasteiger partial charge in [-0.3, -0.25) is 0 Å². The Kier molecular flexibility index (Phi) is 9.04. The van der Waals surface area contributed by atoms with Gasteiger partial charge in [0, 0.05) is 34.6 Å². The lowest BCUT2D eigenvalue weighted by Crippen LogP contribution is -2.57. The smallest absolute Gasteiger partial charge is 0.145 e. The van der Waals surface area contributed by atoms with Crippen molar-refractivity contribution in [2.75, 3.05) is 9.80 Å². The third-order valence-corrected chi connectivity index (χ3v) is 10.4. The van der Waals surface area contributed by atoms with Crippen LogP contribution >= 0.6 is 0 Å². The van der Waals surface area contributed by atoms with Crippen LogP contribution in [0.25, 0.3) is 0 Å². The SMILES string of the molecule is Cc1ccc(N(c2ccc(C)cc2)C2(N(c3ccc(C)cc3)c3ccc(C)cc3)C=CC(C(C)(c3ccccc3)c3ccccc3)=CC2)cc1. The highest BCUT2D eigenvalue weighted by Gasteiger charge is 2.45. The van der Waals surface area contributed by atoms with Crippen LogP contribution in [0.1, 0.15) is 46.7 Å². The number of allylic oxidation sites excluding steroid dienone is 2. The van der Waals surface area contributed by atoms with Gasteiger partial charge in [-0.15, -0.1) is 0 Å². The number of benzene rings is 6. The van der Waals surface area contributed by atoms with Crippen molar-refractivity contribution in [3.05, 3.63) is 215 Å². The van der Waals surface area contributed by atoms with E-state index in [4.69, 9.17) is 0 Å². The number of nitrogens with zero attached hydrogens (tertiary/aromatic N) is 2. The molecule has 1 aliphatic rings. The Morgan fingerprint density at radius 2 is 0.760 bits per heavy atom. The highest BCUT2D eigenvalue weighted by Crippen LogP contribution is 2.49. The highest BCUT2D eigenvalue weighted by molar-refractivity contribution is 5.77. The molecular weight excluding hydrogens is 605 g/mol. The predicted molar refractivity (Wildman–Crippen MR) is 213 cm³/mol. The van der Waals surface area contributed by atoms with Crippen molar-refractivity contribution in [3.8, 4) is 0 Å². The van der Waals surface area contributed by atoms with E-state index in [1.54, 1.807) is 0 Å². The third-order valence-electron chi connectivity index (χ3n) is 10.4. The fourth-order valence-electron chi connectivity index (χ4n) is 7.43. The average molecular weight is 651 g/mol. The van der Waals surface area contributed by atoms with Gasteiger partial charge in [0.05, 0.1) is 0 Å². The number of hydrogen-bond acceptors (Lipinski definition) is 2. The van der Waals surface area contributed by atoms with Crippen molar-refractivity contribution in [1.29, 1.82) is 0 Å². The Morgan fingerprint density at radius 3 is 1.04 bits per heavy atom. The van der Waals surface area contributed by atoms with Crippen LogP contribution in [0.4, 0.5) is 22.7 Å². The molecule has 0 aromatic heterocycles. The van der Waals surface area contributed by atoms with E-state index in [9.17, 15) is 0 Å². The highest BCUT2D eigenvalue weighted by atomic mass is 15.4. The largest absolute Gasteiger partial charge is 0.314 e. The molecule has 1 aliphatic carbocycles. The van der Waals surface area contributed by atoms with Crippen molar-refractivity contribution in [2.45, 2.75) is 52.1 Å². The molecule has 0 saturated heterocycles. The van der Waals surface area contributed by atoms with Gasteiger partial charge in [0.25, 0.3) is 0 Å². The molecule has 2 heteroatoms. The molecule has 6 aromatic carbocycles. The van der Waals surface area contributed by atoms with Crippen LogP contribution in [-0.4, -0.2) is 5.66 Å². The van der Waals surface area contributed by atoms with E-state index in [2.05, 4.69) is 220 Å². The van der Waals surface area contributed by atoms with Gasteiger partial charge < -0.3 is 9.80 Å². The van der Waals surface area contributed by atoms with Crippen LogP contribution in [0.15, 0.2) is 182 Å². The first kappa shape index (κ1) is 32.9. The summed E-state index contributed by atoms with van der Waals surface area (Å²) in [7, 11) is 0. The number of hydrogen-bond donors (Lipinski definition) is 0. The Hall–Kier alpha value is -5.60. The van der Waals surface area contributed by atoms with E-state index in [1.807, 2.05) is 0 Å². The standard InChI is InChI=1S/C48H46N2/c1-36-16-24-43(25-17-36)49(44-26-18-37(2)19-27-44)48(50(45-28-20-38(3)21-29-45)46-30-22-39(4)23-31-46)34-32-42(33-35-48)47(5,40-12-8-6-9-13-40)41-14-10-7-11-15-41/h6-34H,35H2,1-5H3. The monoisotopic (exact) mass is 650 g/mol. The van der Waals surface area contributed by atoms with Gasteiger partial charge in [-0.25, -0.2) is 0 Å². The quantitative estimate of drug-likeness (QED) is 0.144. The molecule has 0 unspecified atom stereocenters. The molecule has 0 bridgehead atoms. The lowest BCUT2D eigenvalue weighted by atomic mass is 9.68. The molecule has 6 aromatic rings. The topological polar surface area (TPSA) is 6.48 Å². The van der Waals surface area contributed by atoms with Crippen LogP contribution in [0.2, 0.25) is 0 Å². The van der Waals surface area contributed by atoms with Crippen molar-refractivity contribution in [1.82, 2.24) is 0 Å². The summed E-state index contributed by atoms with van der Waals surface area (Å²) in [5.41, 5.74) is 12.4. The first-order valence-corrected chi connectivity index (χ1v) is 17.7. The van der Waals surface area contributed by atoms with E-state index in [1.165, 1.54) is 39.0 Å². The summed E-state index contributed by atoms with van der Waals surface area (Å²) < 4.78 is 0. The molecule has 2 nitrogen and oxygen atoms in total. The lowest BCUT2D eigenvalue weighted by molar-refractivity contribution is 0.515. The zero-order valence-electron chi connectivity index (χ0n) is 29.8. The molecule has 7 rings (SSSR count). The second-order valence-electron chi connectivity index (χ2n) is 13.9. The minimum atomic E-state index is -0.646. The van der Waals surface area contributed by atoms with Crippen LogP contribution < -0.4 is 9.80 Å². The second kappa shape index (κ2) is 13.7. The van der Waals surface area contributed by atoms with E-state index >= 15 is 0 Å². The summed E-state index contributed by atoms with van der Waals surface area (Å²) in [5.74, 6) is 0. The van der Waals surface area contributed by atoms with Gasteiger partial charge >= 0.3 is 0 Å². The van der Waals surface area contributed by atoms with Crippen LogP contribution in [0.3, 0.4) is 0 Å².